The summed E-state index contributed by atoms with van der Waals surface area (Å²) in [6, 6.07) is 3.93. The van der Waals surface area contributed by atoms with E-state index in [9.17, 15) is 5.11 Å². The first-order valence-electron chi connectivity index (χ1n) is 7.36. The Morgan fingerprint density at radius 1 is 1.15 bits per heavy atom. The Bertz CT molecular complexity index is 478. The summed E-state index contributed by atoms with van der Waals surface area (Å²) in [5.41, 5.74) is 7.83. The lowest BCUT2D eigenvalue weighted by Crippen LogP contribution is -2.38. The lowest BCUT2D eigenvalue weighted by atomic mass is 10.1. The average molecular weight is 278 g/mol. The Morgan fingerprint density at radius 2 is 1.90 bits per heavy atom. The molecule has 2 aliphatic rings. The fourth-order valence-electron chi connectivity index (χ4n) is 3.03. The molecular formula is C15H22N2O3. The molecule has 1 saturated heterocycles. The Labute approximate surface area is 119 Å². The molecule has 3 rings (SSSR count). The number of hydrogen-bond acceptors (Lipinski definition) is 5. The van der Waals surface area contributed by atoms with Gasteiger partial charge < -0.3 is 25.2 Å². The van der Waals surface area contributed by atoms with Gasteiger partial charge in [0.25, 0.3) is 0 Å². The smallest absolute Gasteiger partial charge is 0.163 e. The molecular weight excluding hydrogens is 256 g/mol. The van der Waals surface area contributed by atoms with Gasteiger partial charge >= 0.3 is 0 Å². The molecule has 1 aromatic carbocycles. The monoisotopic (exact) mass is 278 g/mol. The summed E-state index contributed by atoms with van der Waals surface area (Å²) < 4.78 is 11.2. The lowest BCUT2D eigenvalue weighted by Gasteiger charge is -2.33. The molecule has 110 valence electrons. The Hall–Kier alpha value is -1.62. The molecule has 2 heterocycles. The highest BCUT2D eigenvalue weighted by atomic mass is 16.6. The quantitative estimate of drug-likeness (QED) is 0.807. The number of fused-ring (bicyclic) bond motifs is 1. The van der Waals surface area contributed by atoms with E-state index in [0.717, 1.165) is 37.2 Å². The molecule has 0 amide bonds. The summed E-state index contributed by atoms with van der Waals surface area (Å²) in [6.07, 6.45) is 4.50. The minimum Gasteiger partial charge on any atom is -0.486 e. The van der Waals surface area contributed by atoms with E-state index in [2.05, 4.69) is 4.90 Å². The number of nitrogen functional groups attached to an aromatic ring is 1. The first kappa shape index (κ1) is 13.4. The molecule has 0 saturated carbocycles. The summed E-state index contributed by atoms with van der Waals surface area (Å²) in [5, 5.41) is 9.64. The number of anilines is 2. The van der Waals surface area contributed by atoms with Crippen molar-refractivity contribution in [3.8, 4) is 11.5 Å². The minimum absolute atomic E-state index is 0.141. The fraction of sp³-hybridized carbons (Fsp3) is 0.600. The molecule has 0 bridgehead atoms. The third kappa shape index (κ3) is 2.50. The largest absolute Gasteiger partial charge is 0.486 e. The Balaban J connectivity index is 1.94. The van der Waals surface area contributed by atoms with E-state index < -0.39 is 0 Å². The number of benzene rings is 1. The molecule has 1 fully saturated rings. The zero-order valence-corrected chi connectivity index (χ0v) is 11.7. The van der Waals surface area contributed by atoms with Gasteiger partial charge in [0.15, 0.2) is 11.5 Å². The molecule has 0 aliphatic carbocycles. The van der Waals surface area contributed by atoms with Crippen molar-refractivity contribution in [3.63, 3.8) is 0 Å². The molecule has 5 nitrogen and oxygen atoms in total. The summed E-state index contributed by atoms with van der Waals surface area (Å²) in [5.74, 6) is 1.47. The Kier molecular flexibility index (Phi) is 3.87. The van der Waals surface area contributed by atoms with Crippen LogP contribution in [0.15, 0.2) is 12.1 Å². The second kappa shape index (κ2) is 5.79. The van der Waals surface area contributed by atoms with Crippen LogP contribution >= 0.6 is 0 Å². The lowest BCUT2D eigenvalue weighted by molar-refractivity contribution is 0.171. The van der Waals surface area contributed by atoms with Crippen LogP contribution in [0.1, 0.15) is 25.7 Å². The van der Waals surface area contributed by atoms with Crippen molar-refractivity contribution >= 4 is 11.4 Å². The normalized spacial score (nSPS) is 22.4. The van der Waals surface area contributed by atoms with Gasteiger partial charge in [-0.1, -0.05) is 12.8 Å². The summed E-state index contributed by atoms with van der Waals surface area (Å²) in [7, 11) is 0. The van der Waals surface area contributed by atoms with E-state index in [1.54, 1.807) is 0 Å². The number of aliphatic hydroxyl groups is 1. The number of aliphatic hydroxyl groups excluding tert-OH is 1. The highest BCUT2D eigenvalue weighted by Gasteiger charge is 2.24. The van der Waals surface area contributed by atoms with Crippen LogP contribution in [0.2, 0.25) is 0 Å². The van der Waals surface area contributed by atoms with Gasteiger partial charge in [0.05, 0.1) is 24.0 Å². The molecule has 2 aliphatic heterocycles. The van der Waals surface area contributed by atoms with E-state index in [1.807, 2.05) is 12.1 Å². The maximum absolute atomic E-state index is 9.64. The molecule has 1 aromatic rings. The minimum atomic E-state index is 0.141. The highest BCUT2D eigenvalue weighted by molar-refractivity contribution is 5.73. The Morgan fingerprint density at radius 3 is 2.65 bits per heavy atom. The molecule has 1 atom stereocenters. The van der Waals surface area contributed by atoms with Crippen molar-refractivity contribution in [1.29, 1.82) is 0 Å². The van der Waals surface area contributed by atoms with Gasteiger partial charge in [-0.15, -0.1) is 0 Å². The van der Waals surface area contributed by atoms with Crippen molar-refractivity contribution in [2.24, 2.45) is 0 Å². The summed E-state index contributed by atoms with van der Waals surface area (Å²) >= 11 is 0. The first-order chi connectivity index (χ1) is 9.79. The van der Waals surface area contributed by atoms with Gasteiger partial charge in [-0.25, -0.2) is 0 Å². The molecule has 20 heavy (non-hydrogen) atoms. The topological polar surface area (TPSA) is 68.0 Å². The van der Waals surface area contributed by atoms with Crippen molar-refractivity contribution in [2.45, 2.75) is 31.7 Å². The number of rotatable bonds is 2. The SMILES string of the molecule is Nc1cc2c(cc1N1CCCCCC1CO)OCCO2. The number of hydrogen-bond donors (Lipinski definition) is 2. The van der Waals surface area contributed by atoms with Crippen LogP contribution < -0.4 is 20.1 Å². The van der Waals surface area contributed by atoms with Crippen LogP contribution in [0.4, 0.5) is 11.4 Å². The maximum Gasteiger partial charge on any atom is 0.163 e. The van der Waals surface area contributed by atoms with E-state index >= 15 is 0 Å². The fourth-order valence-corrected chi connectivity index (χ4v) is 3.03. The number of nitrogens with two attached hydrogens (primary N) is 1. The average Bonchev–Trinajstić information content (AvgIpc) is 2.71. The molecule has 5 heteroatoms. The van der Waals surface area contributed by atoms with Crippen LogP contribution in [-0.4, -0.2) is 37.5 Å². The van der Waals surface area contributed by atoms with Gasteiger partial charge in [0, 0.05) is 18.7 Å². The third-order valence-electron chi connectivity index (χ3n) is 4.09. The number of ether oxygens (including phenoxy) is 2. The molecule has 3 N–H and O–H groups in total. The first-order valence-corrected chi connectivity index (χ1v) is 7.36. The van der Waals surface area contributed by atoms with Gasteiger partial charge in [0.2, 0.25) is 0 Å². The maximum atomic E-state index is 9.64. The van der Waals surface area contributed by atoms with E-state index in [0.29, 0.717) is 24.7 Å². The van der Waals surface area contributed by atoms with E-state index in [1.165, 1.54) is 6.42 Å². The van der Waals surface area contributed by atoms with Crippen LogP contribution in [0.3, 0.4) is 0 Å². The van der Waals surface area contributed by atoms with Crippen LogP contribution in [0, 0.1) is 0 Å². The standard InChI is InChI=1S/C15H22N2O3/c16-12-8-14-15(20-7-6-19-14)9-13(12)17-5-3-1-2-4-11(17)10-18/h8-9,11,18H,1-7,10,16H2. The van der Waals surface area contributed by atoms with Crippen molar-refractivity contribution < 1.29 is 14.6 Å². The van der Waals surface area contributed by atoms with E-state index in [-0.39, 0.29) is 12.6 Å². The summed E-state index contributed by atoms with van der Waals surface area (Å²) in [6.45, 7) is 2.22. The van der Waals surface area contributed by atoms with Gasteiger partial charge in [-0.3, -0.25) is 0 Å². The second-order valence-corrected chi connectivity index (χ2v) is 5.43. The predicted molar refractivity (Wildman–Crippen MR) is 78.5 cm³/mol. The molecule has 0 spiro atoms. The highest BCUT2D eigenvalue weighted by Crippen LogP contribution is 2.40. The molecule has 0 radical (unpaired) electrons. The van der Waals surface area contributed by atoms with Crippen molar-refractivity contribution in [1.82, 2.24) is 0 Å². The zero-order chi connectivity index (χ0) is 13.9. The van der Waals surface area contributed by atoms with Gasteiger partial charge in [-0.05, 0) is 12.8 Å². The van der Waals surface area contributed by atoms with Crippen LogP contribution in [-0.2, 0) is 0 Å². The summed E-state index contributed by atoms with van der Waals surface area (Å²) in [4.78, 5) is 2.22. The predicted octanol–water partition coefficient (Wildman–Crippen LogP) is 1.78. The van der Waals surface area contributed by atoms with E-state index in [4.69, 9.17) is 15.2 Å². The van der Waals surface area contributed by atoms with Crippen LogP contribution in [0.25, 0.3) is 0 Å². The van der Waals surface area contributed by atoms with Crippen molar-refractivity contribution in [2.75, 3.05) is 37.0 Å². The zero-order valence-electron chi connectivity index (χ0n) is 11.7. The molecule has 0 aromatic heterocycles. The molecule has 1 unspecified atom stereocenters. The number of nitrogens with zero attached hydrogens (tertiary/aromatic N) is 1. The van der Waals surface area contributed by atoms with Crippen LogP contribution in [0.5, 0.6) is 11.5 Å². The van der Waals surface area contributed by atoms with Gasteiger partial charge in [-0.2, -0.15) is 0 Å². The third-order valence-corrected chi connectivity index (χ3v) is 4.09. The second-order valence-electron chi connectivity index (χ2n) is 5.43. The van der Waals surface area contributed by atoms with Crippen molar-refractivity contribution in [3.05, 3.63) is 12.1 Å². The van der Waals surface area contributed by atoms with Gasteiger partial charge in [0.1, 0.15) is 13.2 Å².